The summed E-state index contributed by atoms with van der Waals surface area (Å²) in [6, 6.07) is 68.2. The first kappa shape index (κ1) is 48.3. The SMILES string of the molecule is CN(C)[C@H](c1ccccc1)C1CCCC1P(c1ccccc1)c1ccccc1.CN(C)[C@H](c1ccccc1)C1CCCC1P(c1ccccc1)c1ccccc1.[CH3-].[CH3-].[Fe+2]. The molecule has 0 aromatic heterocycles. The first-order valence-corrected chi connectivity index (χ1v) is 23.5. The van der Waals surface area contributed by atoms with Gasteiger partial charge in [-0.25, -0.2) is 0 Å². The van der Waals surface area contributed by atoms with Crippen molar-refractivity contribution in [3.8, 4) is 0 Å². The topological polar surface area (TPSA) is 6.48 Å². The van der Waals surface area contributed by atoms with Crippen molar-refractivity contribution < 1.29 is 17.1 Å². The van der Waals surface area contributed by atoms with E-state index >= 15 is 0 Å². The fourth-order valence-corrected chi connectivity index (χ4v) is 16.3. The molecule has 6 aromatic carbocycles. The van der Waals surface area contributed by atoms with Crippen LogP contribution in [0.1, 0.15) is 61.7 Å². The normalized spacial score (nSPS) is 19.5. The molecule has 0 N–H and O–H groups in total. The Hall–Kier alpha value is -3.38. The Morgan fingerprint density at radius 3 is 0.847 bits per heavy atom. The summed E-state index contributed by atoms with van der Waals surface area (Å²) >= 11 is 0. The number of hydrogen-bond donors (Lipinski definition) is 0. The molecule has 2 nitrogen and oxygen atoms in total. The Morgan fingerprint density at radius 2 is 0.610 bits per heavy atom. The average Bonchev–Trinajstić information content (AvgIpc) is 3.91. The molecule has 0 aliphatic heterocycles. The zero-order chi connectivity index (χ0) is 38.7. The van der Waals surface area contributed by atoms with Crippen molar-refractivity contribution in [2.24, 2.45) is 11.8 Å². The molecule has 8 rings (SSSR count). The second-order valence-corrected chi connectivity index (χ2v) is 20.9. The van der Waals surface area contributed by atoms with Gasteiger partial charge in [0.1, 0.15) is 0 Å². The van der Waals surface area contributed by atoms with Gasteiger partial charge in [0.05, 0.1) is 0 Å². The number of rotatable bonds is 12. The van der Waals surface area contributed by atoms with Gasteiger partial charge < -0.3 is 24.7 Å². The quantitative estimate of drug-likeness (QED) is 0.0687. The van der Waals surface area contributed by atoms with E-state index in [1.807, 2.05) is 0 Å². The van der Waals surface area contributed by atoms with E-state index in [-0.39, 0.29) is 47.8 Å². The molecular formula is C54H66FeN2P2. The van der Waals surface area contributed by atoms with Gasteiger partial charge in [-0.3, -0.25) is 0 Å². The van der Waals surface area contributed by atoms with Crippen LogP contribution in [-0.4, -0.2) is 49.3 Å². The fraction of sp³-hybridized carbons (Fsp3) is 0.296. The summed E-state index contributed by atoms with van der Waals surface area (Å²) in [5, 5.41) is 6.08. The molecule has 4 unspecified atom stereocenters. The van der Waals surface area contributed by atoms with Crippen LogP contribution >= 0.6 is 15.8 Å². The predicted octanol–water partition coefficient (Wildman–Crippen LogP) is 12.1. The molecule has 5 heteroatoms. The van der Waals surface area contributed by atoms with Crippen molar-refractivity contribution in [2.75, 3.05) is 28.2 Å². The molecule has 0 amide bonds. The summed E-state index contributed by atoms with van der Waals surface area (Å²) in [7, 11) is 8.27. The van der Waals surface area contributed by atoms with Crippen LogP contribution in [-0.2, 0) is 17.1 Å². The van der Waals surface area contributed by atoms with E-state index < -0.39 is 0 Å². The van der Waals surface area contributed by atoms with Gasteiger partial charge in [-0.05, 0) is 125 Å². The maximum Gasteiger partial charge on any atom is 2.00 e. The minimum atomic E-state index is -0.366. The van der Waals surface area contributed by atoms with Gasteiger partial charge in [0, 0.05) is 12.1 Å². The molecule has 310 valence electrons. The number of benzene rings is 6. The van der Waals surface area contributed by atoms with Crippen LogP contribution in [0.3, 0.4) is 0 Å². The van der Waals surface area contributed by atoms with Crippen LogP contribution in [0.2, 0.25) is 0 Å². The van der Waals surface area contributed by atoms with Crippen LogP contribution in [0, 0.1) is 26.7 Å². The van der Waals surface area contributed by atoms with Gasteiger partial charge in [0.15, 0.2) is 0 Å². The standard InChI is InChI=1S/2C26H30NP.2CH3.Fe/c2*1-27(2)26(21-13-6-3-7-14-21)24-19-12-20-25(24)28(22-15-8-4-9-16-22)23-17-10-5-11-18-23;;;/h2*3-11,13-18,24-26H,12,19-20H2,1-2H3;2*1H3;/q;;2*-1;+2/t2*24?,25?,26-;;;/m11.../s1. The maximum absolute atomic E-state index is 2.45. The van der Waals surface area contributed by atoms with Gasteiger partial charge in [0.2, 0.25) is 0 Å². The van der Waals surface area contributed by atoms with Gasteiger partial charge in [0.25, 0.3) is 0 Å². The third kappa shape index (κ3) is 11.9. The summed E-state index contributed by atoms with van der Waals surface area (Å²) in [6.07, 6.45) is 7.98. The smallest absolute Gasteiger partial charge is 0.358 e. The van der Waals surface area contributed by atoms with E-state index in [0.29, 0.717) is 35.2 Å². The third-order valence-electron chi connectivity index (χ3n) is 12.1. The van der Waals surface area contributed by atoms with Crippen molar-refractivity contribution in [3.05, 3.63) is 208 Å². The van der Waals surface area contributed by atoms with Gasteiger partial charge in [-0.15, -0.1) is 0 Å². The molecule has 6 aromatic rings. The first-order valence-electron chi connectivity index (χ1n) is 20.7. The Labute approximate surface area is 371 Å². The molecule has 2 fully saturated rings. The second-order valence-electron chi connectivity index (χ2n) is 16.0. The summed E-state index contributed by atoms with van der Waals surface area (Å²) in [4.78, 5) is 4.89. The second kappa shape index (κ2) is 24.2. The molecule has 0 heterocycles. The zero-order valence-corrected chi connectivity index (χ0v) is 39.1. The van der Waals surface area contributed by atoms with Crippen LogP contribution in [0.5, 0.6) is 0 Å². The maximum atomic E-state index is 2.45. The molecule has 0 bridgehead atoms. The molecular weight excluding hydrogens is 794 g/mol. The Bertz CT molecular complexity index is 1770. The molecule has 0 radical (unpaired) electrons. The molecule has 0 spiro atoms. The largest absolute Gasteiger partial charge is 2.00 e. The van der Waals surface area contributed by atoms with E-state index in [9.17, 15) is 0 Å². The van der Waals surface area contributed by atoms with Gasteiger partial charge >= 0.3 is 17.1 Å². The van der Waals surface area contributed by atoms with Crippen molar-refractivity contribution in [1.82, 2.24) is 9.80 Å². The summed E-state index contributed by atoms with van der Waals surface area (Å²) in [6.45, 7) is 0. The van der Waals surface area contributed by atoms with Crippen LogP contribution < -0.4 is 21.2 Å². The monoisotopic (exact) mass is 860 g/mol. The van der Waals surface area contributed by atoms with Crippen molar-refractivity contribution in [2.45, 2.75) is 61.9 Å². The van der Waals surface area contributed by atoms with Crippen molar-refractivity contribution in [1.29, 1.82) is 0 Å². The molecule has 0 saturated heterocycles. The third-order valence-corrected chi connectivity index (χ3v) is 18.1. The summed E-state index contributed by atoms with van der Waals surface area (Å²) in [5.74, 6) is 1.37. The average molecular weight is 861 g/mol. The van der Waals surface area contributed by atoms with Gasteiger partial charge in [-0.1, -0.05) is 195 Å². The van der Waals surface area contributed by atoms with E-state index in [4.69, 9.17) is 0 Å². The molecule has 2 aliphatic rings. The summed E-state index contributed by atoms with van der Waals surface area (Å²) in [5.41, 5.74) is 4.35. The Morgan fingerprint density at radius 1 is 0.373 bits per heavy atom. The first-order chi connectivity index (χ1) is 27.5. The Balaban J connectivity index is 0.000000248. The molecule has 2 aliphatic carbocycles. The van der Waals surface area contributed by atoms with E-state index in [0.717, 1.165) is 0 Å². The van der Waals surface area contributed by atoms with E-state index in [2.05, 4.69) is 220 Å². The van der Waals surface area contributed by atoms with E-state index in [1.165, 1.54) is 70.9 Å². The molecule has 2 saturated carbocycles. The number of hydrogen-bond acceptors (Lipinski definition) is 2. The minimum Gasteiger partial charge on any atom is -0.358 e. The van der Waals surface area contributed by atoms with Crippen LogP contribution in [0.4, 0.5) is 0 Å². The fourth-order valence-electron chi connectivity index (χ4n) is 9.89. The minimum absolute atomic E-state index is 0. The van der Waals surface area contributed by atoms with Crippen molar-refractivity contribution >= 4 is 37.1 Å². The van der Waals surface area contributed by atoms with Crippen molar-refractivity contribution in [3.63, 3.8) is 0 Å². The summed E-state index contributed by atoms with van der Waals surface area (Å²) < 4.78 is 0. The van der Waals surface area contributed by atoms with Crippen LogP contribution in [0.25, 0.3) is 0 Å². The molecule has 6 atom stereocenters. The molecule has 59 heavy (non-hydrogen) atoms. The van der Waals surface area contributed by atoms with Crippen LogP contribution in [0.15, 0.2) is 182 Å². The Kier molecular flexibility index (Phi) is 19.8. The number of nitrogens with zero attached hydrogens (tertiary/aromatic N) is 2. The predicted molar refractivity (Wildman–Crippen MR) is 259 cm³/mol. The van der Waals surface area contributed by atoms with Gasteiger partial charge in [-0.2, -0.15) is 0 Å². The zero-order valence-electron chi connectivity index (χ0n) is 36.2. The van der Waals surface area contributed by atoms with E-state index in [1.54, 1.807) is 0 Å².